The summed E-state index contributed by atoms with van der Waals surface area (Å²) in [5.41, 5.74) is 0. The summed E-state index contributed by atoms with van der Waals surface area (Å²) in [7, 11) is 0. The number of hydrogen-bond donors (Lipinski definition) is 2. The fourth-order valence-corrected chi connectivity index (χ4v) is 0.929. The largest absolute Gasteiger partial charge is 0.491 e. The molecule has 4 heteroatoms. The molecule has 2 N–H and O–H groups in total. The van der Waals surface area contributed by atoms with E-state index in [1.54, 1.807) is 12.2 Å². The van der Waals surface area contributed by atoms with Crippen molar-refractivity contribution in [3.8, 4) is 5.75 Å². The van der Waals surface area contributed by atoms with Gasteiger partial charge in [0.2, 0.25) is 0 Å². The number of allylic oxidation sites excluding steroid dienone is 3. The Morgan fingerprint density at radius 3 is 2.44 bits per heavy atom. The van der Waals surface area contributed by atoms with Crippen molar-refractivity contribution >= 4 is 5.97 Å². The van der Waals surface area contributed by atoms with E-state index in [2.05, 4.69) is 0 Å². The van der Waals surface area contributed by atoms with Crippen molar-refractivity contribution in [2.24, 2.45) is 0 Å². The lowest BCUT2D eigenvalue weighted by Crippen LogP contribution is -2.00. The van der Waals surface area contributed by atoms with Crippen LogP contribution in [0.15, 0.2) is 54.6 Å². The van der Waals surface area contributed by atoms with Crippen LogP contribution in [0.2, 0.25) is 0 Å². The standard InChI is InChI=1S/C8H10O2.C6H8O2/c9-6-7-10-8-4-2-1-3-5-8;1-2-3-4-5-6(7)8/h1-5,9H,6-7H2;2-5H,1H3,(H,7,8). The van der Waals surface area contributed by atoms with Gasteiger partial charge in [-0.2, -0.15) is 0 Å². The van der Waals surface area contributed by atoms with Crippen molar-refractivity contribution in [1.29, 1.82) is 0 Å². The van der Waals surface area contributed by atoms with E-state index in [1.165, 1.54) is 6.08 Å². The molecule has 0 aliphatic rings. The van der Waals surface area contributed by atoms with Crippen LogP contribution in [0, 0.1) is 0 Å². The topological polar surface area (TPSA) is 66.8 Å². The Balaban J connectivity index is 0.000000331. The van der Waals surface area contributed by atoms with Crippen LogP contribution in [0.25, 0.3) is 0 Å². The summed E-state index contributed by atoms with van der Waals surface area (Å²) < 4.78 is 5.11. The van der Waals surface area contributed by atoms with Gasteiger partial charge in [0.1, 0.15) is 12.4 Å². The summed E-state index contributed by atoms with van der Waals surface area (Å²) in [6.45, 7) is 2.26. The van der Waals surface area contributed by atoms with E-state index < -0.39 is 5.97 Å². The normalized spacial score (nSPS) is 10.1. The summed E-state index contributed by atoms with van der Waals surface area (Å²) in [5.74, 6) is -0.111. The first kappa shape index (κ1) is 15.9. The minimum Gasteiger partial charge on any atom is -0.491 e. The van der Waals surface area contributed by atoms with Gasteiger partial charge in [-0.05, 0) is 19.1 Å². The molecular formula is C14H18O4. The Morgan fingerprint density at radius 1 is 1.28 bits per heavy atom. The quantitative estimate of drug-likeness (QED) is 0.621. The van der Waals surface area contributed by atoms with Gasteiger partial charge in [-0.15, -0.1) is 0 Å². The Bertz CT molecular complexity index is 369. The van der Waals surface area contributed by atoms with Crippen molar-refractivity contribution in [2.45, 2.75) is 6.92 Å². The van der Waals surface area contributed by atoms with Gasteiger partial charge in [0, 0.05) is 6.08 Å². The number of hydrogen-bond acceptors (Lipinski definition) is 3. The number of rotatable bonds is 5. The average Bonchev–Trinajstić information content (AvgIpc) is 2.38. The number of carboxylic acid groups (broad SMARTS) is 1. The molecule has 0 aliphatic carbocycles. The van der Waals surface area contributed by atoms with Crippen molar-refractivity contribution in [2.75, 3.05) is 13.2 Å². The van der Waals surface area contributed by atoms with Crippen LogP contribution >= 0.6 is 0 Å². The smallest absolute Gasteiger partial charge is 0.328 e. The molecular weight excluding hydrogens is 232 g/mol. The number of benzene rings is 1. The zero-order chi connectivity index (χ0) is 13.6. The molecule has 0 radical (unpaired) electrons. The van der Waals surface area contributed by atoms with Crippen LogP contribution in [-0.4, -0.2) is 29.4 Å². The molecule has 1 rings (SSSR count). The first-order valence-electron chi connectivity index (χ1n) is 5.51. The minimum atomic E-state index is -0.914. The number of carboxylic acids is 1. The van der Waals surface area contributed by atoms with Crippen LogP contribution in [-0.2, 0) is 4.79 Å². The molecule has 0 heterocycles. The molecule has 0 saturated carbocycles. The maximum absolute atomic E-state index is 9.75. The van der Waals surface area contributed by atoms with Crippen molar-refractivity contribution in [3.05, 3.63) is 54.6 Å². The van der Waals surface area contributed by atoms with Crippen molar-refractivity contribution < 1.29 is 19.7 Å². The maximum atomic E-state index is 9.75. The summed E-state index contributed by atoms with van der Waals surface area (Å²) in [4.78, 5) is 9.75. The summed E-state index contributed by atoms with van der Waals surface area (Å²) >= 11 is 0. The molecule has 0 unspecified atom stereocenters. The fraction of sp³-hybridized carbons (Fsp3) is 0.214. The summed E-state index contributed by atoms with van der Waals surface area (Å²) in [5, 5.41) is 16.4. The molecule has 18 heavy (non-hydrogen) atoms. The Hall–Kier alpha value is -2.07. The predicted molar refractivity (Wildman–Crippen MR) is 70.6 cm³/mol. The van der Waals surface area contributed by atoms with Crippen molar-refractivity contribution in [1.82, 2.24) is 0 Å². The second kappa shape index (κ2) is 11.4. The lowest BCUT2D eigenvalue weighted by atomic mass is 10.3. The fourth-order valence-electron chi connectivity index (χ4n) is 0.929. The molecule has 0 amide bonds. The maximum Gasteiger partial charge on any atom is 0.328 e. The van der Waals surface area contributed by atoms with Gasteiger partial charge >= 0.3 is 5.97 Å². The Kier molecular flexibility index (Phi) is 10.1. The van der Waals surface area contributed by atoms with E-state index in [0.29, 0.717) is 6.61 Å². The zero-order valence-electron chi connectivity index (χ0n) is 10.3. The number of aliphatic carboxylic acids is 1. The summed E-state index contributed by atoms with van der Waals surface area (Å²) in [6, 6.07) is 9.43. The van der Waals surface area contributed by atoms with E-state index in [1.807, 2.05) is 37.3 Å². The molecule has 0 aromatic heterocycles. The molecule has 4 nitrogen and oxygen atoms in total. The van der Waals surface area contributed by atoms with E-state index >= 15 is 0 Å². The first-order chi connectivity index (χ1) is 8.70. The van der Waals surface area contributed by atoms with Crippen LogP contribution < -0.4 is 4.74 Å². The minimum absolute atomic E-state index is 0.0644. The van der Waals surface area contributed by atoms with Gasteiger partial charge in [0.05, 0.1) is 6.61 Å². The second-order valence-corrected chi connectivity index (χ2v) is 3.11. The van der Waals surface area contributed by atoms with Crippen LogP contribution in [0.1, 0.15) is 6.92 Å². The number of aliphatic hydroxyl groups is 1. The molecule has 0 bridgehead atoms. The first-order valence-corrected chi connectivity index (χ1v) is 5.51. The average molecular weight is 250 g/mol. The molecule has 0 saturated heterocycles. The molecule has 1 aromatic rings. The molecule has 0 spiro atoms. The van der Waals surface area contributed by atoms with Gasteiger partial charge in [0.15, 0.2) is 0 Å². The molecule has 1 aromatic carbocycles. The Labute approximate surface area is 107 Å². The zero-order valence-corrected chi connectivity index (χ0v) is 10.3. The highest BCUT2D eigenvalue weighted by atomic mass is 16.5. The van der Waals surface area contributed by atoms with Crippen molar-refractivity contribution in [3.63, 3.8) is 0 Å². The van der Waals surface area contributed by atoms with Gasteiger partial charge < -0.3 is 14.9 Å². The third-order valence-electron chi connectivity index (χ3n) is 1.65. The monoisotopic (exact) mass is 250 g/mol. The van der Waals surface area contributed by atoms with E-state index in [0.717, 1.165) is 11.8 Å². The molecule has 0 fully saturated rings. The van der Waals surface area contributed by atoms with E-state index in [9.17, 15) is 4.79 Å². The number of carbonyl (C=O) groups is 1. The lowest BCUT2D eigenvalue weighted by molar-refractivity contribution is -0.131. The van der Waals surface area contributed by atoms with Gasteiger partial charge in [-0.1, -0.05) is 36.4 Å². The number of para-hydroxylation sites is 1. The lowest BCUT2D eigenvalue weighted by Gasteiger charge is -2.01. The van der Waals surface area contributed by atoms with Crippen LogP contribution in [0.5, 0.6) is 5.75 Å². The summed E-state index contributed by atoms with van der Waals surface area (Å²) in [6.07, 6.45) is 5.98. The molecule has 0 atom stereocenters. The molecule has 98 valence electrons. The predicted octanol–water partition coefficient (Wildman–Crippen LogP) is 2.26. The second-order valence-electron chi connectivity index (χ2n) is 3.11. The van der Waals surface area contributed by atoms with Gasteiger partial charge in [-0.3, -0.25) is 0 Å². The van der Waals surface area contributed by atoms with E-state index in [4.69, 9.17) is 14.9 Å². The van der Waals surface area contributed by atoms with E-state index in [-0.39, 0.29) is 6.61 Å². The van der Waals surface area contributed by atoms with Gasteiger partial charge in [0.25, 0.3) is 0 Å². The highest BCUT2D eigenvalue weighted by molar-refractivity contribution is 5.80. The van der Waals surface area contributed by atoms with Gasteiger partial charge in [-0.25, -0.2) is 4.79 Å². The molecule has 0 aliphatic heterocycles. The SMILES string of the molecule is CC=CC=CC(=O)O.OCCOc1ccccc1. The third-order valence-corrected chi connectivity index (χ3v) is 1.65. The Morgan fingerprint density at radius 2 is 1.94 bits per heavy atom. The highest BCUT2D eigenvalue weighted by Crippen LogP contribution is 2.06. The highest BCUT2D eigenvalue weighted by Gasteiger charge is 1.87. The third kappa shape index (κ3) is 10.4. The number of aliphatic hydroxyl groups excluding tert-OH is 1. The van der Waals surface area contributed by atoms with Crippen LogP contribution in [0.3, 0.4) is 0 Å². The number of ether oxygens (including phenoxy) is 1. The van der Waals surface area contributed by atoms with Crippen LogP contribution in [0.4, 0.5) is 0 Å².